The number of hydrogen-bond donors (Lipinski definition) is 2. The van der Waals surface area contributed by atoms with E-state index in [0.29, 0.717) is 0 Å². The number of carbonyl (C=O) groups is 1. The van der Waals surface area contributed by atoms with Gasteiger partial charge in [0.25, 0.3) is 5.91 Å². The Labute approximate surface area is 139 Å². The summed E-state index contributed by atoms with van der Waals surface area (Å²) in [6.07, 6.45) is 3.52. The normalized spacial score (nSPS) is 25.4. The summed E-state index contributed by atoms with van der Waals surface area (Å²) in [5, 5.41) is 6.58. The van der Waals surface area contributed by atoms with Crippen LogP contribution in [0.2, 0.25) is 0 Å². The summed E-state index contributed by atoms with van der Waals surface area (Å²) in [5.74, 6) is 0.0426. The van der Waals surface area contributed by atoms with Crippen LogP contribution in [0.4, 0.5) is 0 Å². The molecule has 2 N–H and O–H groups in total. The van der Waals surface area contributed by atoms with Crippen molar-refractivity contribution in [2.45, 2.75) is 56.6 Å². The number of rotatable bonds is 3. The number of fused-ring (bicyclic) bond motifs is 1. The van der Waals surface area contributed by atoms with Gasteiger partial charge in [-0.05, 0) is 55.3 Å². The van der Waals surface area contributed by atoms with Gasteiger partial charge >= 0.3 is 0 Å². The summed E-state index contributed by atoms with van der Waals surface area (Å²) >= 11 is 0. The van der Waals surface area contributed by atoms with E-state index < -0.39 is 5.60 Å². The van der Waals surface area contributed by atoms with Gasteiger partial charge in [-0.1, -0.05) is 38.1 Å². The predicted octanol–water partition coefficient (Wildman–Crippen LogP) is 2.68. The van der Waals surface area contributed by atoms with Crippen molar-refractivity contribution in [3.8, 4) is 0 Å². The standard InChI is InChI=1S/C19H28N2O2/c1-18(2)9-8-16(14-6-4-5-7-15(14)18)21-17(22)19(23-3)10-12-20-13-11-19/h4-7,16,20H,8-13H2,1-3H3,(H,21,22). The van der Waals surface area contributed by atoms with E-state index in [1.165, 1.54) is 11.1 Å². The Kier molecular flexibility index (Phi) is 4.47. The largest absolute Gasteiger partial charge is 0.368 e. The highest BCUT2D eigenvalue weighted by atomic mass is 16.5. The Morgan fingerprint density at radius 3 is 2.61 bits per heavy atom. The monoisotopic (exact) mass is 316 g/mol. The lowest BCUT2D eigenvalue weighted by Gasteiger charge is -2.40. The topological polar surface area (TPSA) is 50.4 Å². The van der Waals surface area contributed by atoms with Crippen molar-refractivity contribution in [1.29, 1.82) is 0 Å². The fourth-order valence-corrected chi connectivity index (χ4v) is 4.01. The minimum absolute atomic E-state index is 0.0426. The molecule has 1 aromatic rings. The van der Waals surface area contributed by atoms with Gasteiger partial charge in [-0.2, -0.15) is 0 Å². The van der Waals surface area contributed by atoms with Crippen molar-refractivity contribution < 1.29 is 9.53 Å². The quantitative estimate of drug-likeness (QED) is 0.901. The summed E-state index contributed by atoms with van der Waals surface area (Å²) in [4.78, 5) is 12.9. The average molecular weight is 316 g/mol. The zero-order chi connectivity index (χ0) is 16.5. The molecule has 1 unspecified atom stereocenters. The zero-order valence-electron chi connectivity index (χ0n) is 14.4. The summed E-state index contributed by atoms with van der Waals surface area (Å²) in [7, 11) is 1.66. The maximum Gasteiger partial charge on any atom is 0.252 e. The highest BCUT2D eigenvalue weighted by molar-refractivity contribution is 5.86. The number of nitrogens with one attached hydrogen (secondary N) is 2. The van der Waals surface area contributed by atoms with E-state index in [-0.39, 0.29) is 17.4 Å². The van der Waals surface area contributed by atoms with Crippen molar-refractivity contribution in [3.63, 3.8) is 0 Å². The molecule has 0 spiro atoms. The molecule has 23 heavy (non-hydrogen) atoms. The number of ether oxygens (including phenoxy) is 1. The van der Waals surface area contributed by atoms with Gasteiger partial charge in [0.05, 0.1) is 6.04 Å². The molecule has 0 bridgehead atoms. The molecule has 1 aliphatic carbocycles. The zero-order valence-corrected chi connectivity index (χ0v) is 14.4. The van der Waals surface area contributed by atoms with Crippen molar-refractivity contribution in [1.82, 2.24) is 10.6 Å². The average Bonchev–Trinajstić information content (AvgIpc) is 2.58. The number of carbonyl (C=O) groups excluding carboxylic acids is 1. The van der Waals surface area contributed by atoms with Crippen molar-refractivity contribution in [2.75, 3.05) is 20.2 Å². The molecular formula is C19H28N2O2. The molecule has 1 aliphatic heterocycles. The molecule has 2 aliphatic rings. The number of piperidine rings is 1. The van der Waals surface area contributed by atoms with E-state index in [4.69, 9.17) is 4.74 Å². The van der Waals surface area contributed by atoms with Crippen LogP contribution < -0.4 is 10.6 Å². The summed E-state index contributed by atoms with van der Waals surface area (Å²) < 4.78 is 5.66. The smallest absolute Gasteiger partial charge is 0.252 e. The van der Waals surface area contributed by atoms with Gasteiger partial charge in [0.1, 0.15) is 5.60 Å². The third-order valence-electron chi connectivity index (χ3n) is 5.64. The Morgan fingerprint density at radius 1 is 1.22 bits per heavy atom. The van der Waals surface area contributed by atoms with Crippen LogP contribution in [0.15, 0.2) is 24.3 Å². The molecule has 4 heteroatoms. The summed E-state index contributed by atoms with van der Waals surface area (Å²) in [5.41, 5.74) is 2.12. The van der Waals surface area contributed by atoms with Crippen LogP contribution in [0.5, 0.6) is 0 Å². The van der Waals surface area contributed by atoms with Gasteiger partial charge in [0.15, 0.2) is 0 Å². The van der Waals surface area contributed by atoms with Gasteiger partial charge in [-0.25, -0.2) is 0 Å². The molecule has 0 saturated carbocycles. The molecule has 1 amide bonds. The molecule has 1 aromatic carbocycles. The van der Waals surface area contributed by atoms with E-state index in [9.17, 15) is 4.79 Å². The third kappa shape index (κ3) is 3.02. The van der Waals surface area contributed by atoms with E-state index in [1.54, 1.807) is 7.11 Å². The maximum atomic E-state index is 12.9. The summed E-state index contributed by atoms with van der Waals surface area (Å²) in [6.45, 7) is 6.23. The molecule has 0 aromatic heterocycles. The number of methoxy groups -OCH3 is 1. The van der Waals surface area contributed by atoms with E-state index in [2.05, 4.69) is 48.7 Å². The highest BCUT2D eigenvalue weighted by Gasteiger charge is 2.42. The van der Waals surface area contributed by atoms with Gasteiger partial charge in [0, 0.05) is 7.11 Å². The lowest BCUT2D eigenvalue weighted by atomic mass is 9.71. The van der Waals surface area contributed by atoms with Crippen LogP contribution in [0.1, 0.15) is 56.7 Å². The second-order valence-corrected chi connectivity index (χ2v) is 7.48. The highest BCUT2D eigenvalue weighted by Crippen LogP contribution is 2.41. The molecule has 1 heterocycles. The molecular weight excluding hydrogens is 288 g/mol. The second kappa shape index (κ2) is 6.25. The molecule has 3 rings (SSSR count). The van der Waals surface area contributed by atoms with Crippen LogP contribution in [0.25, 0.3) is 0 Å². The first-order valence-electron chi connectivity index (χ1n) is 8.65. The molecule has 1 atom stereocenters. The van der Waals surface area contributed by atoms with Crippen LogP contribution in [-0.4, -0.2) is 31.7 Å². The first kappa shape index (κ1) is 16.5. The maximum absolute atomic E-state index is 12.9. The number of hydrogen-bond acceptors (Lipinski definition) is 3. The van der Waals surface area contributed by atoms with Gasteiger partial charge in [-0.15, -0.1) is 0 Å². The summed E-state index contributed by atoms with van der Waals surface area (Å²) in [6, 6.07) is 8.60. The van der Waals surface area contributed by atoms with Crippen molar-refractivity contribution >= 4 is 5.91 Å². The number of amides is 1. The fourth-order valence-electron chi connectivity index (χ4n) is 4.01. The lowest BCUT2D eigenvalue weighted by molar-refractivity contribution is -0.147. The van der Waals surface area contributed by atoms with Crippen molar-refractivity contribution in [2.24, 2.45) is 0 Å². The molecule has 0 radical (unpaired) electrons. The minimum atomic E-state index is -0.673. The van der Waals surface area contributed by atoms with Crippen LogP contribution >= 0.6 is 0 Å². The van der Waals surface area contributed by atoms with Crippen LogP contribution in [0, 0.1) is 0 Å². The Balaban J connectivity index is 1.82. The number of benzene rings is 1. The van der Waals surface area contributed by atoms with Gasteiger partial charge in [-0.3, -0.25) is 4.79 Å². The van der Waals surface area contributed by atoms with E-state index in [1.807, 2.05) is 0 Å². The van der Waals surface area contributed by atoms with Gasteiger partial charge < -0.3 is 15.4 Å². The first-order valence-corrected chi connectivity index (χ1v) is 8.65. The Morgan fingerprint density at radius 2 is 1.91 bits per heavy atom. The third-order valence-corrected chi connectivity index (χ3v) is 5.64. The van der Waals surface area contributed by atoms with E-state index in [0.717, 1.165) is 38.8 Å². The molecule has 1 saturated heterocycles. The van der Waals surface area contributed by atoms with E-state index >= 15 is 0 Å². The van der Waals surface area contributed by atoms with Crippen LogP contribution in [0.3, 0.4) is 0 Å². The Hall–Kier alpha value is -1.39. The SMILES string of the molecule is COC1(C(=O)NC2CCC(C)(C)c3ccccc32)CCNCC1. The first-order chi connectivity index (χ1) is 11.0. The molecule has 4 nitrogen and oxygen atoms in total. The second-order valence-electron chi connectivity index (χ2n) is 7.48. The fraction of sp³-hybridized carbons (Fsp3) is 0.632. The van der Waals surface area contributed by atoms with Crippen LogP contribution in [-0.2, 0) is 14.9 Å². The molecule has 126 valence electrons. The lowest BCUT2D eigenvalue weighted by Crippen LogP contribution is -2.55. The Bertz CT molecular complexity index is 576. The van der Waals surface area contributed by atoms with Gasteiger partial charge in [0.2, 0.25) is 0 Å². The van der Waals surface area contributed by atoms with Crippen molar-refractivity contribution in [3.05, 3.63) is 35.4 Å². The minimum Gasteiger partial charge on any atom is -0.368 e. The molecule has 1 fully saturated rings. The predicted molar refractivity (Wildman–Crippen MR) is 91.4 cm³/mol.